The van der Waals surface area contributed by atoms with Crippen LogP contribution in [0.15, 0.2) is 12.7 Å². The van der Waals surface area contributed by atoms with Crippen LogP contribution in [0.4, 0.5) is 0 Å². The molecular formula is C20H32O6. The van der Waals surface area contributed by atoms with Gasteiger partial charge >= 0.3 is 11.9 Å². The molecule has 0 aromatic heterocycles. The summed E-state index contributed by atoms with van der Waals surface area (Å²) in [5.41, 5.74) is -3.43. The summed E-state index contributed by atoms with van der Waals surface area (Å²) in [5.74, 6) is -2.51. The van der Waals surface area contributed by atoms with Crippen molar-refractivity contribution in [3.63, 3.8) is 0 Å². The summed E-state index contributed by atoms with van der Waals surface area (Å²) in [4.78, 5) is 23.6. The molecule has 1 heterocycles. The number of hydrogen-bond acceptors (Lipinski definition) is 4. The Morgan fingerprint density at radius 1 is 1.27 bits per heavy atom. The van der Waals surface area contributed by atoms with Crippen molar-refractivity contribution in [1.29, 1.82) is 0 Å². The van der Waals surface area contributed by atoms with Crippen molar-refractivity contribution in [1.82, 2.24) is 0 Å². The molecule has 2 aliphatic rings. The molecule has 1 unspecified atom stereocenters. The minimum Gasteiger partial charge on any atom is -0.481 e. The predicted molar refractivity (Wildman–Crippen MR) is 96.7 cm³/mol. The molecule has 2 rings (SSSR count). The fourth-order valence-corrected chi connectivity index (χ4v) is 5.63. The van der Waals surface area contributed by atoms with Crippen molar-refractivity contribution in [2.24, 2.45) is 22.7 Å². The monoisotopic (exact) mass is 368 g/mol. The number of aliphatic hydroxyl groups is 1. The van der Waals surface area contributed by atoms with Gasteiger partial charge in [-0.25, -0.2) is 0 Å². The minimum atomic E-state index is -1.07. The number of carboxylic acid groups (broad SMARTS) is 2. The summed E-state index contributed by atoms with van der Waals surface area (Å²) >= 11 is 0. The highest BCUT2D eigenvalue weighted by atomic mass is 16.5. The molecule has 0 amide bonds. The van der Waals surface area contributed by atoms with Gasteiger partial charge in [-0.3, -0.25) is 9.59 Å². The van der Waals surface area contributed by atoms with Crippen molar-refractivity contribution < 1.29 is 29.6 Å². The van der Waals surface area contributed by atoms with Crippen LogP contribution in [0.3, 0.4) is 0 Å². The van der Waals surface area contributed by atoms with Gasteiger partial charge in [-0.1, -0.05) is 13.0 Å². The second kappa shape index (κ2) is 6.34. The van der Waals surface area contributed by atoms with Gasteiger partial charge in [0.15, 0.2) is 0 Å². The third kappa shape index (κ3) is 3.07. The molecule has 148 valence electrons. The maximum atomic E-state index is 11.9. The molecule has 0 aromatic rings. The molecule has 0 aromatic carbocycles. The van der Waals surface area contributed by atoms with E-state index in [2.05, 4.69) is 6.58 Å². The lowest BCUT2D eigenvalue weighted by Gasteiger charge is -2.63. The smallest absolute Gasteiger partial charge is 0.309 e. The lowest BCUT2D eigenvalue weighted by Crippen LogP contribution is -2.66. The number of ether oxygens (including phenoxy) is 1. The molecule has 6 heteroatoms. The topological polar surface area (TPSA) is 104 Å². The first-order valence-electron chi connectivity index (χ1n) is 9.20. The highest BCUT2D eigenvalue weighted by molar-refractivity contribution is 5.75. The molecule has 1 aliphatic heterocycles. The van der Waals surface area contributed by atoms with Gasteiger partial charge in [0.1, 0.15) is 5.60 Å². The Morgan fingerprint density at radius 2 is 1.85 bits per heavy atom. The van der Waals surface area contributed by atoms with E-state index in [1.54, 1.807) is 26.8 Å². The van der Waals surface area contributed by atoms with Crippen LogP contribution in [0.1, 0.15) is 60.3 Å². The second-order valence-electron chi connectivity index (χ2n) is 9.30. The summed E-state index contributed by atoms with van der Waals surface area (Å²) in [6.45, 7) is 12.7. The molecule has 1 saturated heterocycles. The lowest BCUT2D eigenvalue weighted by atomic mass is 9.47. The third-order valence-electron chi connectivity index (χ3n) is 7.19. The summed E-state index contributed by atoms with van der Waals surface area (Å²) < 4.78 is 6.32. The number of fused-ring (bicyclic) bond motifs is 1. The molecule has 1 saturated carbocycles. The average Bonchev–Trinajstić information content (AvgIpc) is 2.48. The van der Waals surface area contributed by atoms with Crippen LogP contribution in [0.5, 0.6) is 0 Å². The lowest BCUT2D eigenvalue weighted by molar-refractivity contribution is -0.277. The largest absolute Gasteiger partial charge is 0.481 e. The first-order chi connectivity index (χ1) is 11.7. The van der Waals surface area contributed by atoms with Gasteiger partial charge in [-0.05, 0) is 64.2 Å². The van der Waals surface area contributed by atoms with Gasteiger partial charge < -0.3 is 20.1 Å². The third-order valence-corrected chi connectivity index (χ3v) is 7.19. The Morgan fingerprint density at radius 3 is 2.31 bits per heavy atom. The standard InChI is InChI=1S/C20H32O6/c1-7-19(5)14(21)10-13-18(4,11-15(22)23)12(17(2,3)16(24)25)8-9-20(13,6)26-19/h7,12-14,21H,1,8-11H2,2-6H3,(H,22,23)(H,24,25)/t12-,13+,14?,18-,19+,20+/m1/s1. The SMILES string of the molecule is C=C[C@]1(C)O[C@@]2(C)CC[C@H](C(C)(C)C(=O)O)[C@@](C)(CC(=O)O)[C@@H]2CC1O. The summed E-state index contributed by atoms with van der Waals surface area (Å²) in [6, 6.07) is 0. The molecule has 26 heavy (non-hydrogen) atoms. The highest BCUT2D eigenvalue weighted by Crippen LogP contribution is 2.62. The summed E-state index contributed by atoms with van der Waals surface area (Å²) in [7, 11) is 0. The van der Waals surface area contributed by atoms with Crippen LogP contribution in [0.2, 0.25) is 0 Å². The molecule has 3 N–H and O–H groups in total. The van der Waals surface area contributed by atoms with Gasteiger partial charge in [0, 0.05) is 0 Å². The van der Waals surface area contributed by atoms with Crippen LogP contribution in [-0.2, 0) is 14.3 Å². The van der Waals surface area contributed by atoms with E-state index in [-0.39, 0.29) is 18.3 Å². The predicted octanol–water partition coefficient (Wildman–Crippen LogP) is 3.09. The maximum absolute atomic E-state index is 11.9. The molecule has 6 atom stereocenters. The van der Waals surface area contributed by atoms with Crippen LogP contribution >= 0.6 is 0 Å². The Bertz CT molecular complexity index is 613. The Kier molecular flexibility index (Phi) is 5.10. The fourth-order valence-electron chi connectivity index (χ4n) is 5.63. The Balaban J connectivity index is 2.55. The van der Waals surface area contributed by atoms with E-state index in [4.69, 9.17) is 4.74 Å². The molecular weight excluding hydrogens is 336 g/mol. The Labute approximate surface area is 155 Å². The van der Waals surface area contributed by atoms with E-state index in [9.17, 15) is 24.9 Å². The molecule has 0 radical (unpaired) electrons. The molecule has 0 bridgehead atoms. The van der Waals surface area contributed by atoms with Crippen LogP contribution in [0, 0.1) is 22.7 Å². The van der Waals surface area contributed by atoms with Gasteiger partial charge in [0.2, 0.25) is 0 Å². The van der Waals surface area contributed by atoms with Crippen LogP contribution in [0.25, 0.3) is 0 Å². The van der Waals surface area contributed by atoms with Gasteiger partial charge in [-0.15, -0.1) is 6.58 Å². The van der Waals surface area contributed by atoms with Crippen molar-refractivity contribution in [2.75, 3.05) is 0 Å². The van der Waals surface area contributed by atoms with Gasteiger partial charge in [0.05, 0.1) is 23.5 Å². The zero-order valence-electron chi connectivity index (χ0n) is 16.4. The first kappa shape index (κ1) is 20.9. The highest BCUT2D eigenvalue weighted by Gasteiger charge is 2.63. The first-order valence-corrected chi connectivity index (χ1v) is 9.20. The zero-order valence-corrected chi connectivity index (χ0v) is 16.4. The van der Waals surface area contributed by atoms with Crippen LogP contribution < -0.4 is 0 Å². The van der Waals surface area contributed by atoms with E-state index in [1.807, 2.05) is 13.8 Å². The minimum absolute atomic E-state index is 0.157. The summed E-state index contributed by atoms with van der Waals surface area (Å²) in [5, 5.41) is 30.0. The van der Waals surface area contributed by atoms with Gasteiger partial charge in [0.25, 0.3) is 0 Å². The number of carboxylic acids is 2. The number of aliphatic hydroxyl groups excluding tert-OH is 1. The van der Waals surface area contributed by atoms with E-state index < -0.39 is 40.1 Å². The van der Waals surface area contributed by atoms with E-state index in [0.717, 1.165) is 0 Å². The number of rotatable bonds is 5. The molecule has 2 fully saturated rings. The average molecular weight is 368 g/mol. The van der Waals surface area contributed by atoms with Crippen molar-refractivity contribution in [3.05, 3.63) is 12.7 Å². The number of carbonyl (C=O) groups is 2. The van der Waals surface area contributed by atoms with Crippen molar-refractivity contribution in [2.45, 2.75) is 77.6 Å². The number of hydrogen-bond donors (Lipinski definition) is 3. The van der Waals surface area contributed by atoms with Gasteiger partial charge in [-0.2, -0.15) is 0 Å². The normalized spacial score (nSPS) is 43.4. The molecule has 0 spiro atoms. The second-order valence-corrected chi connectivity index (χ2v) is 9.30. The van der Waals surface area contributed by atoms with E-state index >= 15 is 0 Å². The van der Waals surface area contributed by atoms with E-state index in [0.29, 0.717) is 19.3 Å². The van der Waals surface area contributed by atoms with Crippen molar-refractivity contribution in [3.8, 4) is 0 Å². The summed E-state index contributed by atoms with van der Waals surface area (Å²) in [6.07, 6.45) is 2.15. The Hall–Kier alpha value is -1.40. The maximum Gasteiger partial charge on any atom is 0.309 e. The van der Waals surface area contributed by atoms with Crippen molar-refractivity contribution >= 4 is 11.9 Å². The van der Waals surface area contributed by atoms with Crippen LogP contribution in [-0.4, -0.2) is 44.6 Å². The quantitative estimate of drug-likeness (QED) is 0.644. The molecule has 1 aliphatic carbocycles. The number of aliphatic carboxylic acids is 2. The molecule has 6 nitrogen and oxygen atoms in total. The zero-order chi connectivity index (χ0) is 20.1. The fraction of sp³-hybridized carbons (Fsp3) is 0.800. The van der Waals surface area contributed by atoms with E-state index in [1.165, 1.54) is 0 Å².